The molecule has 0 radical (unpaired) electrons. The maximum atomic E-state index is 13.2. The van der Waals surface area contributed by atoms with Crippen LogP contribution < -0.4 is 15.2 Å². The highest BCUT2D eigenvalue weighted by molar-refractivity contribution is 7.92. The molecular formula is C19H19NO6S. The molecule has 0 aromatic heterocycles. The molecule has 0 saturated heterocycles. The van der Waals surface area contributed by atoms with Gasteiger partial charge in [-0.3, -0.25) is 0 Å². The van der Waals surface area contributed by atoms with Gasteiger partial charge in [0.15, 0.2) is 21.3 Å². The van der Waals surface area contributed by atoms with E-state index < -0.39 is 32.5 Å². The van der Waals surface area contributed by atoms with E-state index in [-0.39, 0.29) is 18.3 Å². The number of carbonyl (C=O) groups excluding carboxylic acids is 1. The molecule has 1 saturated carbocycles. The van der Waals surface area contributed by atoms with Crippen LogP contribution >= 0.6 is 0 Å². The van der Waals surface area contributed by atoms with Gasteiger partial charge in [-0.05, 0) is 36.8 Å². The van der Waals surface area contributed by atoms with Gasteiger partial charge < -0.3 is 19.9 Å². The highest BCUT2D eigenvalue weighted by atomic mass is 32.2. The SMILES string of the molecule is CCOC(=O)[C@@]1(N)[C@@H](c2ccc3c(c2)OCO3)[C@@H]1S(=O)(=O)c1ccccc1. The van der Waals surface area contributed by atoms with Crippen molar-refractivity contribution >= 4 is 15.8 Å². The lowest BCUT2D eigenvalue weighted by molar-refractivity contribution is -0.145. The number of rotatable bonds is 5. The Bertz CT molecular complexity index is 991. The van der Waals surface area contributed by atoms with Crippen molar-refractivity contribution < 1.29 is 27.4 Å². The third kappa shape index (κ3) is 2.67. The summed E-state index contributed by atoms with van der Waals surface area (Å²) in [6, 6.07) is 13.1. The smallest absolute Gasteiger partial charge is 0.328 e. The van der Waals surface area contributed by atoms with Gasteiger partial charge in [-0.15, -0.1) is 0 Å². The van der Waals surface area contributed by atoms with E-state index in [9.17, 15) is 13.2 Å². The number of nitrogens with two attached hydrogens (primary N) is 1. The summed E-state index contributed by atoms with van der Waals surface area (Å²) in [5.74, 6) is -0.393. The van der Waals surface area contributed by atoms with Gasteiger partial charge in [0.1, 0.15) is 10.8 Å². The first-order valence-corrected chi connectivity index (χ1v) is 10.1. The zero-order valence-corrected chi connectivity index (χ0v) is 15.4. The van der Waals surface area contributed by atoms with Gasteiger partial charge in [0.2, 0.25) is 6.79 Å². The van der Waals surface area contributed by atoms with Gasteiger partial charge in [0.25, 0.3) is 0 Å². The van der Waals surface area contributed by atoms with Gasteiger partial charge in [-0.1, -0.05) is 24.3 Å². The van der Waals surface area contributed by atoms with Crippen LogP contribution in [0.5, 0.6) is 11.5 Å². The summed E-state index contributed by atoms with van der Waals surface area (Å²) < 4.78 is 42.1. The van der Waals surface area contributed by atoms with Gasteiger partial charge in [0.05, 0.1) is 11.5 Å². The molecule has 0 spiro atoms. The molecule has 3 atom stereocenters. The van der Waals surface area contributed by atoms with Crippen LogP contribution in [0, 0.1) is 0 Å². The molecule has 1 heterocycles. The summed E-state index contributed by atoms with van der Waals surface area (Å²) in [6.45, 7) is 1.87. The van der Waals surface area contributed by atoms with Crippen LogP contribution in [0.1, 0.15) is 18.4 Å². The largest absolute Gasteiger partial charge is 0.465 e. The molecule has 8 heteroatoms. The normalized spacial score (nSPS) is 25.9. The van der Waals surface area contributed by atoms with Crippen molar-refractivity contribution in [2.45, 2.75) is 28.5 Å². The number of esters is 1. The molecule has 7 nitrogen and oxygen atoms in total. The second-order valence-electron chi connectivity index (χ2n) is 6.52. The highest BCUT2D eigenvalue weighted by Crippen LogP contribution is 2.57. The lowest BCUT2D eigenvalue weighted by Gasteiger charge is -2.11. The van der Waals surface area contributed by atoms with Crippen LogP contribution in [0.25, 0.3) is 0 Å². The van der Waals surface area contributed by atoms with Crippen molar-refractivity contribution in [1.29, 1.82) is 0 Å². The zero-order chi connectivity index (χ0) is 19.2. The number of hydrogen-bond acceptors (Lipinski definition) is 7. The Morgan fingerprint density at radius 3 is 2.59 bits per heavy atom. The lowest BCUT2D eigenvalue weighted by atomic mass is 10.1. The van der Waals surface area contributed by atoms with Crippen molar-refractivity contribution in [2.24, 2.45) is 5.73 Å². The van der Waals surface area contributed by atoms with Gasteiger partial charge >= 0.3 is 5.97 Å². The molecule has 0 unspecified atom stereocenters. The molecule has 2 aliphatic rings. The fraction of sp³-hybridized carbons (Fsp3) is 0.316. The van der Waals surface area contributed by atoms with Crippen LogP contribution in [0.15, 0.2) is 53.4 Å². The van der Waals surface area contributed by atoms with Crippen molar-refractivity contribution in [3.8, 4) is 11.5 Å². The molecule has 142 valence electrons. The van der Waals surface area contributed by atoms with E-state index in [0.717, 1.165) is 0 Å². The quantitative estimate of drug-likeness (QED) is 0.775. The van der Waals surface area contributed by atoms with Gasteiger partial charge in [-0.25, -0.2) is 13.2 Å². The number of ether oxygens (including phenoxy) is 3. The average Bonchev–Trinajstić information content (AvgIpc) is 3.08. The van der Waals surface area contributed by atoms with Crippen LogP contribution in [0.2, 0.25) is 0 Å². The minimum atomic E-state index is -3.85. The fourth-order valence-electron chi connectivity index (χ4n) is 3.62. The maximum absolute atomic E-state index is 13.2. The van der Waals surface area contributed by atoms with E-state index in [2.05, 4.69) is 0 Å². The van der Waals surface area contributed by atoms with E-state index in [1.165, 1.54) is 12.1 Å². The molecule has 2 aromatic carbocycles. The first-order valence-electron chi connectivity index (χ1n) is 8.55. The van der Waals surface area contributed by atoms with Crippen molar-refractivity contribution in [3.63, 3.8) is 0 Å². The summed E-state index contributed by atoms with van der Waals surface area (Å²) in [6.07, 6.45) is 0. The van der Waals surface area contributed by atoms with E-state index in [1.54, 1.807) is 43.3 Å². The zero-order valence-electron chi connectivity index (χ0n) is 14.6. The van der Waals surface area contributed by atoms with E-state index in [0.29, 0.717) is 17.1 Å². The van der Waals surface area contributed by atoms with Gasteiger partial charge in [0, 0.05) is 5.92 Å². The Hall–Kier alpha value is -2.58. The minimum absolute atomic E-state index is 0.0981. The van der Waals surface area contributed by atoms with E-state index in [4.69, 9.17) is 19.9 Å². The predicted molar refractivity (Wildman–Crippen MR) is 96.3 cm³/mol. The van der Waals surface area contributed by atoms with Crippen molar-refractivity contribution in [2.75, 3.05) is 13.4 Å². The van der Waals surface area contributed by atoms with Crippen molar-refractivity contribution in [3.05, 3.63) is 54.1 Å². The molecule has 1 fully saturated rings. The number of carbonyl (C=O) groups is 1. The van der Waals surface area contributed by atoms with Crippen LogP contribution in [-0.2, 0) is 19.4 Å². The topological polar surface area (TPSA) is 105 Å². The number of benzene rings is 2. The molecule has 2 aromatic rings. The first-order chi connectivity index (χ1) is 12.9. The summed E-state index contributed by atoms with van der Waals surface area (Å²) >= 11 is 0. The first kappa shape index (κ1) is 17.8. The highest BCUT2D eigenvalue weighted by Gasteiger charge is 2.74. The molecule has 1 aliphatic carbocycles. The van der Waals surface area contributed by atoms with Crippen LogP contribution in [-0.4, -0.2) is 38.6 Å². The minimum Gasteiger partial charge on any atom is -0.465 e. The Kier molecular flexibility index (Phi) is 4.12. The molecule has 0 bridgehead atoms. The Balaban J connectivity index is 1.78. The average molecular weight is 389 g/mol. The molecule has 0 amide bonds. The summed E-state index contributed by atoms with van der Waals surface area (Å²) in [5.41, 5.74) is 5.28. The van der Waals surface area contributed by atoms with E-state index in [1.807, 2.05) is 0 Å². The third-order valence-electron chi connectivity index (χ3n) is 4.97. The Morgan fingerprint density at radius 1 is 1.19 bits per heavy atom. The van der Waals surface area contributed by atoms with Crippen molar-refractivity contribution in [1.82, 2.24) is 0 Å². The monoisotopic (exact) mass is 389 g/mol. The standard InChI is InChI=1S/C19H19NO6S/c1-2-24-18(21)19(20)16(12-8-9-14-15(10-12)26-11-25-14)17(19)27(22,23)13-6-4-3-5-7-13/h3-10,16-17H,2,11,20H2,1H3/t16-,17-,19+/m0/s1. The molecule has 1 aliphatic heterocycles. The maximum Gasteiger partial charge on any atom is 0.328 e. The number of sulfone groups is 1. The van der Waals surface area contributed by atoms with Gasteiger partial charge in [-0.2, -0.15) is 0 Å². The summed E-state index contributed by atoms with van der Waals surface area (Å²) in [5, 5.41) is -1.12. The van der Waals surface area contributed by atoms with E-state index >= 15 is 0 Å². The fourth-order valence-corrected chi connectivity index (χ4v) is 5.87. The number of fused-ring (bicyclic) bond motifs is 1. The van der Waals surface area contributed by atoms with Crippen LogP contribution in [0.4, 0.5) is 0 Å². The molecule has 2 N–H and O–H groups in total. The summed E-state index contributed by atoms with van der Waals surface area (Å²) in [4.78, 5) is 12.7. The third-order valence-corrected chi connectivity index (χ3v) is 7.23. The summed E-state index contributed by atoms with van der Waals surface area (Å²) in [7, 11) is -3.85. The Morgan fingerprint density at radius 2 is 1.89 bits per heavy atom. The molecule has 4 rings (SSSR count). The molecule has 27 heavy (non-hydrogen) atoms. The second kappa shape index (κ2) is 6.24. The predicted octanol–water partition coefficient (Wildman–Crippen LogP) is 1.62. The lowest BCUT2D eigenvalue weighted by Crippen LogP contribution is -2.41. The second-order valence-corrected chi connectivity index (χ2v) is 8.59. The number of hydrogen-bond donors (Lipinski definition) is 1. The molecular weight excluding hydrogens is 370 g/mol. The van der Waals surface area contributed by atoms with Crippen LogP contribution in [0.3, 0.4) is 0 Å². The Labute approximate surface area is 156 Å².